The van der Waals surface area contributed by atoms with E-state index in [-0.39, 0.29) is 5.97 Å². The van der Waals surface area contributed by atoms with Gasteiger partial charge in [-0.3, -0.25) is 4.79 Å². The lowest BCUT2D eigenvalue weighted by molar-refractivity contribution is -0.145. The average Bonchev–Trinajstić information content (AvgIpc) is 2.22. The lowest BCUT2D eigenvalue weighted by Crippen LogP contribution is -2.38. The van der Waals surface area contributed by atoms with Crippen LogP contribution in [0.15, 0.2) is 0 Å². The Morgan fingerprint density at radius 1 is 1.44 bits per heavy atom. The molecule has 0 saturated heterocycles. The monoisotopic (exact) mass is 228 g/mol. The SMILES string of the molecule is CCOC(=O)CCC1(O)CCC(C)C(C)C1. The van der Waals surface area contributed by atoms with E-state index in [1.54, 1.807) is 6.92 Å². The molecule has 3 heteroatoms. The molecule has 0 aromatic rings. The Morgan fingerprint density at radius 3 is 2.69 bits per heavy atom. The Balaban J connectivity index is 2.38. The third-order valence-electron chi connectivity index (χ3n) is 3.84. The molecule has 0 spiro atoms. The zero-order chi connectivity index (χ0) is 12.2. The van der Waals surface area contributed by atoms with Crippen molar-refractivity contribution >= 4 is 5.97 Å². The molecular weight excluding hydrogens is 204 g/mol. The molecule has 0 aromatic heterocycles. The summed E-state index contributed by atoms with van der Waals surface area (Å²) in [5.74, 6) is 1.03. The van der Waals surface area contributed by atoms with Gasteiger partial charge in [0.25, 0.3) is 0 Å². The Kier molecular flexibility index (Phi) is 4.78. The van der Waals surface area contributed by atoms with E-state index in [9.17, 15) is 9.90 Å². The van der Waals surface area contributed by atoms with Gasteiger partial charge < -0.3 is 9.84 Å². The van der Waals surface area contributed by atoms with Crippen LogP contribution in [0.4, 0.5) is 0 Å². The molecular formula is C13H24O3. The van der Waals surface area contributed by atoms with E-state index in [1.165, 1.54) is 0 Å². The van der Waals surface area contributed by atoms with E-state index >= 15 is 0 Å². The molecule has 0 aromatic carbocycles. The van der Waals surface area contributed by atoms with E-state index < -0.39 is 5.60 Å². The summed E-state index contributed by atoms with van der Waals surface area (Å²) in [6.45, 7) is 6.64. The molecule has 0 heterocycles. The minimum absolute atomic E-state index is 0.192. The van der Waals surface area contributed by atoms with Crippen LogP contribution in [0.2, 0.25) is 0 Å². The Bertz CT molecular complexity index is 239. The highest BCUT2D eigenvalue weighted by Gasteiger charge is 2.35. The van der Waals surface area contributed by atoms with E-state index in [0.29, 0.717) is 31.3 Å². The van der Waals surface area contributed by atoms with Gasteiger partial charge in [0.05, 0.1) is 12.2 Å². The first-order chi connectivity index (χ1) is 7.47. The maximum absolute atomic E-state index is 11.2. The van der Waals surface area contributed by atoms with Crippen molar-refractivity contribution in [3.63, 3.8) is 0 Å². The molecule has 0 radical (unpaired) electrons. The molecule has 3 nitrogen and oxygen atoms in total. The summed E-state index contributed by atoms with van der Waals surface area (Å²) in [6, 6.07) is 0. The van der Waals surface area contributed by atoms with Crippen LogP contribution in [-0.2, 0) is 9.53 Å². The predicted octanol–water partition coefficient (Wildman–Crippen LogP) is 2.52. The van der Waals surface area contributed by atoms with Crippen molar-refractivity contribution in [1.29, 1.82) is 0 Å². The fourth-order valence-corrected chi connectivity index (χ4v) is 2.48. The minimum atomic E-state index is -0.640. The van der Waals surface area contributed by atoms with Gasteiger partial charge in [0.15, 0.2) is 0 Å². The van der Waals surface area contributed by atoms with Crippen molar-refractivity contribution in [3.05, 3.63) is 0 Å². The van der Waals surface area contributed by atoms with Gasteiger partial charge in [-0.1, -0.05) is 13.8 Å². The zero-order valence-corrected chi connectivity index (χ0v) is 10.7. The predicted molar refractivity (Wildman–Crippen MR) is 63.0 cm³/mol. The summed E-state index contributed by atoms with van der Waals surface area (Å²) in [4.78, 5) is 11.2. The lowest BCUT2D eigenvalue weighted by Gasteiger charge is -2.39. The van der Waals surface area contributed by atoms with Gasteiger partial charge in [0, 0.05) is 6.42 Å². The summed E-state index contributed by atoms with van der Waals surface area (Å²) in [5, 5.41) is 10.4. The maximum atomic E-state index is 11.2. The number of aliphatic hydroxyl groups is 1. The highest BCUT2D eigenvalue weighted by molar-refractivity contribution is 5.69. The smallest absolute Gasteiger partial charge is 0.305 e. The average molecular weight is 228 g/mol. The largest absolute Gasteiger partial charge is 0.466 e. The van der Waals surface area contributed by atoms with Gasteiger partial charge in [-0.15, -0.1) is 0 Å². The number of esters is 1. The van der Waals surface area contributed by atoms with E-state index in [0.717, 1.165) is 19.3 Å². The van der Waals surface area contributed by atoms with Crippen molar-refractivity contribution in [3.8, 4) is 0 Å². The molecule has 1 aliphatic rings. The van der Waals surface area contributed by atoms with Gasteiger partial charge in [0.2, 0.25) is 0 Å². The Morgan fingerprint density at radius 2 is 2.12 bits per heavy atom. The van der Waals surface area contributed by atoms with Crippen LogP contribution in [-0.4, -0.2) is 23.3 Å². The molecule has 3 atom stereocenters. The van der Waals surface area contributed by atoms with Gasteiger partial charge in [-0.2, -0.15) is 0 Å². The fourth-order valence-electron chi connectivity index (χ4n) is 2.48. The molecule has 0 aliphatic heterocycles. The molecule has 0 bridgehead atoms. The van der Waals surface area contributed by atoms with Crippen LogP contribution in [0, 0.1) is 11.8 Å². The van der Waals surface area contributed by atoms with Crippen LogP contribution in [0.1, 0.15) is 52.9 Å². The van der Waals surface area contributed by atoms with Gasteiger partial charge in [0.1, 0.15) is 0 Å². The third kappa shape index (κ3) is 3.78. The number of rotatable bonds is 4. The van der Waals surface area contributed by atoms with Crippen molar-refractivity contribution in [2.24, 2.45) is 11.8 Å². The molecule has 1 N–H and O–H groups in total. The molecule has 1 aliphatic carbocycles. The molecule has 94 valence electrons. The fraction of sp³-hybridized carbons (Fsp3) is 0.923. The van der Waals surface area contributed by atoms with E-state index in [1.807, 2.05) is 0 Å². The summed E-state index contributed by atoms with van der Waals surface area (Å²) in [6.07, 6.45) is 3.57. The quantitative estimate of drug-likeness (QED) is 0.752. The van der Waals surface area contributed by atoms with E-state index in [4.69, 9.17) is 4.74 Å². The highest BCUT2D eigenvalue weighted by atomic mass is 16.5. The topological polar surface area (TPSA) is 46.5 Å². The first-order valence-electron chi connectivity index (χ1n) is 6.35. The number of hydrogen-bond acceptors (Lipinski definition) is 3. The number of carbonyl (C=O) groups is 1. The van der Waals surface area contributed by atoms with Crippen LogP contribution in [0.3, 0.4) is 0 Å². The van der Waals surface area contributed by atoms with Crippen LogP contribution in [0.25, 0.3) is 0 Å². The molecule has 1 rings (SSSR count). The standard InChI is InChI=1S/C13H24O3/c1-4-16-12(14)6-8-13(15)7-5-10(2)11(3)9-13/h10-11,15H,4-9H2,1-3H3. The third-order valence-corrected chi connectivity index (χ3v) is 3.84. The van der Waals surface area contributed by atoms with Crippen LogP contribution in [0.5, 0.6) is 0 Å². The Labute approximate surface area is 98.2 Å². The van der Waals surface area contributed by atoms with Crippen molar-refractivity contribution < 1.29 is 14.6 Å². The molecule has 3 unspecified atom stereocenters. The highest BCUT2D eigenvalue weighted by Crippen LogP contribution is 2.38. The maximum Gasteiger partial charge on any atom is 0.305 e. The zero-order valence-electron chi connectivity index (χ0n) is 10.7. The van der Waals surface area contributed by atoms with Gasteiger partial charge >= 0.3 is 5.97 Å². The van der Waals surface area contributed by atoms with Gasteiger partial charge in [-0.25, -0.2) is 0 Å². The Hall–Kier alpha value is -0.570. The van der Waals surface area contributed by atoms with E-state index in [2.05, 4.69) is 13.8 Å². The summed E-state index contributed by atoms with van der Waals surface area (Å²) in [5.41, 5.74) is -0.640. The summed E-state index contributed by atoms with van der Waals surface area (Å²) in [7, 11) is 0. The number of carbonyl (C=O) groups excluding carboxylic acids is 1. The second kappa shape index (κ2) is 5.67. The van der Waals surface area contributed by atoms with Gasteiger partial charge in [-0.05, 0) is 44.4 Å². The minimum Gasteiger partial charge on any atom is -0.466 e. The normalized spacial score (nSPS) is 34.8. The second-order valence-electron chi connectivity index (χ2n) is 5.23. The van der Waals surface area contributed by atoms with Crippen LogP contribution < -0.4 is 0 Å². The van der Waals surface area contributed by atoms with Crippen molar-refractivity contribution in [2.75, 3.05) is 6.61 Å². The first-order valence-corrected chi connectivity index (χ1v) is 6.35. The summed E-state index contributed by atoms with van der Waals surface area (Å²) >= 11 is 0. The molecule has 1 saturated carbocycles. The van der Waals surface area contributed by atoms with Crippen molar-refractivity contribution in [1.82, 2.24) is 0 Å². The van der Waals surface area contributed by atoms with Crippen LogP contribution >= 0.6 is 0 Å². The lowest BCUT2D eigenvalue weighted by atomic mass is 9.71. The first kappa shape index (κ1) is 13.5. The molecule has 1 fully saturated rings. The molecule has 16 heavy (non-hydrogen) atoms. The second-order valence-corrected chi connectivity index (χ2v) is 5.23. The number of hydrogen-bond donors (Lipinski definition) is 1. The molecule has 0 amide bonds. The number of ether oxygens (including phenoxy) is 1. The van der Waals surface area contributed by atoms with Crippen molar-refractivity contribution in [2.45, 2.75) is 58.5 Å². The summed E-state index contributed by atoms with van der Waals surface area (Å²) < 4.78 is 4.88.